The van der Waals surface area contributed by atoms with E-state index in [1.54, 1.807) is 6.92 Å². The molecule has 5 heteroatoms. The number of rotatable bonds is 1. The van der Waals surface area contributed by atoms with E-state index in [9.17, 15) is 14.0 Å². The number of carbonyl (C=O) groups is 2. The second-order valence-electron chi connectivity index (χ2n) is 3.53. The first-order valence-electron chi connectivity index (χ1n) is 4.61. The summed E-state index contributed by atoms with van der Waals surface area (Å²) in [6.07, 6.45) is 2.05. The fourth-order valence-electron chi connectivity index (χ4n) is 1.66. The van der Waals surface area contributed by atoms with E-state index in [1.807, 2.05) is 0 Å². The predicted molar refractivity (Wildman–Crippen MR) is 54.9 cm³/mol. The van der Waals surface area contributed by atoms with Gasteiger partial charge in [-0.05, 0) is 24.6 Å². The summed E-state index contributed by atoms with van der Waals surface area (Å²) < 4.78 is 13.2. The Hall–Kier alpha value is -2.04. The van der Waals surface area contributed by atoms with Crippen molar-refractivity contribution in [2.45, 2.75) is 13.1 Å². The zero-order valence-electron chi connectivity index (χ0n) is 8.40. The van der Waals surface area contributed by atoms with Gasteiger partial charge in [0.25, 0.3) is 0 Å². The van der Waals surface area contributed by atoms with Crippen LogP contribution in [0.2, 0.25) is 0 Å². The summed E-state index contributed by atoms with van der Waals surface area (Å²) in [7, 11) is 0. The molecule has 1 unspecified atom stereocenters. The number of fused-ring (bicyclic) bond motifs is 1. The van der Waals surface area contributed by atoms with Crippen molar-refractivity contribution in [1.29, 1.82) is 0 Å². The molecule has 0 aromatic carbocycles. The van der Waals surface area contributed by atoms with E-state index in [0.29, 0.717) is 11.3 Å². The van der Waals surface area contributed by atoms with Gasteiger partial charge in [-0.3, -0.25) is 9.79 Å². The van der Waals surface area contributed by atoms with Crippen LogP contribution >= 0.6 is 0 Å². The van der Waals surface area contributed by atoms with E-state index in [1.165, 1.54) is 6.08 Å². The van der Waals surface area contributed by atoms with Gasteiger partial charge in [0.2, 0.25) is 5.78 Å². The minimum Gasteiger partial charge on any atom is -0.477 e. The predicted octanol–water partition coefficient (Wildman–Crippen LogP) is 1.20. The summed E-state index contributed by atoms with van der Waals surface area (Å²) in [6, 6.07) is 0. The minimum atomic E-state index is -1.37. The summed E-state index contributed by atoms with van der Waals surface area (Å²) in [6.45, 7) is 1.63. The van der Waals surface area contributed by atoms with Gasteiger partial charge >= 0.3 is 5.97 Å². The van der Waals surface area contributed by atoms with Crippen molar-refractivity contribution in [3.63, 3.8) is 0 Å². The fourth-order valence-corrected chi connectivity index (χ4v) is 1.66. The Morgan fingerprint density at radius 3 is 2.81 bits per heavy atom. The number of aliphatic imine (C=N–C) groups is 1. The Morgan fingerprint density at radius 1 is 1.50 bits per heavy atom. The maximum atomic E-state index is 13.2. The van der Waals surface area contributed by atoms with Crippen LogP contribution in [0.25, 0.3) is 0 Å². The molecule has 0 fully saturated rings. The number of aliphatic carboxylic acids is 1. The first kappa shape index (κ1) is 10.5. The highest BCUT2D eigenvalue weighted by Crippen LogP contribution is 2.24. The van der Waals surface area contributed by atoms with Crippen LogP contribution in [0.4, 0.5) is 4.39 Å². The van der Waals surface area contributed by atoms with Crippen molar-refractivity contribution in [3.8, 4) is 0 Å². The van der Waals surface area contributed by atoms with Crippen molar-refractivity contribution < 1.29 is 19.1 Å². The molecule has 0 aromatic heterocycles. The standard InChI is InChI=1S/C11H8FNO3/c1-5-2-6(12)3-7-9(5)13-4-8(10(7)14)11(15)16/h2-4,6H,1H3,(H,15,16). The molecule has 1 aliphatic heterocycles. The summed E-state index contributed by atoms with van der Waals surface area (Å²) in [5.74, 6) is -2.04. The zero-order chi connectivity index (χ0) is 11.9. The third kappa shape index (κ3) is 1.50. The SMILES string of the molecule is CC1=CC(F)C=C2C(=O)C(C(=O)O)=CN=C12. The molecule has 2 rings (SSSR count). The van der Waals surface area contributed by atoms with Crippen molar-refractivity contribution in [2.24, 2.45) is 4.99 Å². The number of hydrogen-bond acceptors (Lipinski definition) is 3. The van der Waals surface area contributed by atoms with E-state index in [4.69, 9.17) is 5.11 Å². The quantitative estimate of drug-likeness (QED) is 0.676. The molecule has 16 heavy (non-hydrogen) atoms. The largest absolute Gasteiger partial charge is 0.477 e. The molecule has 2 aliphatic rings. The molecule has 0 bridgehead atoms. The number of halogens is 1. The number of carbonyl (C=O) groups excluding carboxylic acids is 1. The summed E-state index contributed by atoms with van der Waals surface area (Å²) in [5, 5.41) is 8.74. The van der Waals surface area contributed by atoms with Gasteiger partial charge in [0.1, 0.15) is 11.7 Å². The van der Waals surface area contributed by atoms with Crippen LogP contribution in [-0.2, 0) is 9.59 Å². The molecule has 1 N–H and O–H groups in total. The molecule has 0 amide bonds. The molecule has 4 nitrogen and oxygen atoms in total. The van der Waals surface area contributed by atoms with Crippen molar-refractivity contribution in [3.05, 3.63) is 35.1 Å². The molecular weight excluding hydrogens is 213 g/mol. The first-order chi connectivity index (χ1) is 7.50. The maximum Gasteiger partial charge on any atom is 0.341 e. The molecule has 1 atom stereocenters. The lowest BCUT2D eigenvalue weighted by Crippen LogP contribution is -2.26. The maximum absolute atomic E-state index is 13.2. The highest BCUT2D eigenvalue weighted by Gasteiger charge is 2.31. The first-order valence-corrected chi connectivity index (χ1v) is 4.61. The third-order valence-corrected chi connectivity index (χ3v) is 2.41. The van der Waals surface area contributed by atoms with Crippen molar-refractivity contribution in [2.75, 3.05) is 0 Å². The Kier molecular flexibility index (Phi) is 2.30. The van der Waals surface area contributed by atoms with E-state index < -0.39 is 23.5 Å². The summed E-state index contributed by atoms with van der Waals surface area (Å²) in [5.41, 5.74) is 0.493. The van der Waals surface area contributed by atoms with E-state index >= 15 is 0 Å². The zero-order valence-corrected chi connectivity index (χ0v) is 8.40. The molecule has 1 heterocycles. The van der Waals surface area contributed by atoms with Gasteiger partial charge in [0.15, 0.2) is 0 Å². The van der Waals surface area contributed by atoms with Gasteiger partial charge < -0.3 is 5.11 Å². The highest BCUT2D eigenvalue weighted by atomic mass is 19.1. The van der Waals surface area contributed by atoms with Crippen molar-refractivity contribution in [1.82, 2.24) is 0 Å². The monoisotopic (exact) mass is 221 g/mol. The van der Waals surface area contributed by atoms with Gasteiger partial charge in [0, 0.05) is 11.8 Å². The molecular formula is C11H8FNO3. The number of nitrogens with zero attached hydrogens (tertiary/aromatic N) is 1. The van der Waals surface area contributed by atoms with E-state index in [-0.39, 0.29) is 5.57 Å². The fraction of sp³-hybridized carbons (Fsp3) is 0.182. The second kappa shape index (κ2) is 3.52. The summed E-state index contributed by atoms with van der Waals surface area (Å²) >= 11 is 0. The van der Waals surface area contributed by atoms with Crippen LogP contribution in [0.1, 0.15) is 6.92 Å². The lowest BCUT2D eigenvalue weighted by atomic mass is 9.88. The second-order valence-corrected chi connectivity index (χ2v) is 3.53. The van der Waals surface area contributed by atoms with E-state index in [0.717, 1.165) is 12.3 Å². The lowest BCUT2D eigenvalue weighted by Gasteiger charge is -2.19. The smallest absolute Gasteiger partial charge is 0.341 e. The van der Waals surface area contributed by atoms with Gasteiger partial charge in [-0.2, -0.15) is 0 Å². The topological polar surface area (TPSA) is 66.7 Å². The van der Waals surface area contributed by atoms with Crippen LogP contribution < -0.4 is 0 Å². The van der Waals surface area contributed by atoms with Gasteiger partial charge in [0.05, 0.1) is 5.71 Å². The normalized spacial score (nSPS) is 23.9. The lowest BCUT2D eigenvalue weighted by molar-refractivity contribution is -0.134. The average molecular weight is 221 g/mol. The van der Waals surface area contributed by atoms with E-state index in [2.05, 4.69) is 4.99 Å². The van der Waals surface area contributed by atoms with Gasteiger partial charge in [-0.15, -0.1) is 0 Å². The number of Topliss-reactive ketones (excluding diaryl/α,β-unsaturated/α-hetero) is 1. The van der Waals surface area contributed by atoms with Crippen LogP contribution in [0.3, 0.4) is 0 Å². The molecule has 0 radical (unpaired) electrons. The minimum absolute atomic E-state index is 0.0346. The Labute approximate surface area is 90.5 Å². The third-order valence-electron chi connectivity index (χ3n) is 2.41. The van der Waals surface area contributed by atoms with Crippen molar-refractivity contribution >= 4 is 17.5 Å². The number of allylic oxidation sites excluding steroid dienone is 4. The molecule has 0 saturated heterocycles. The Balaban J connectivity index is 2.54. The number of hydrogen-bond donors (Lipinski definition) is 1. The number of carboxylic acids is 1. The number of alkyl halides is 1. The summed E-state index contributed by atoms with van der Waals surface area (Å²) in [4.78, 5) is 26.3. The molecule has 0 saturated carbocycles. The number of ketones is 1. The Morgan fingerprint density at radius 2 is 2.19 bits per heavy atom. The van der Waals surface area contributed by atoms with Crippen LogP contribution in [0, 0.1) is 0 Å². The molecule has 0 aromatic rings. The Bertz CT molecular complexity index is 511. The molecule has 0 spiro atoms. The van der Waals surface area contributed by atoms with Crippen LogP contribution in [0.5, 0.6) is 0 Å². The molecule has 82 valence electrons. The number of carboxylic acid groups (broad SMARTS) is 1. The van der Waals surface area contributed by atoms with Crippen LogP contribution in [0.15, 0.2) is 40.1 Å². The average Bonchev–Trinajstić information content (AvgIpc) is 2.19. The van der Waals surface area contributed by atoms with Crippen LogP contribution in [-0.4, -0.2) is 28.7 Å². The molecule has 1 aliphatic carbocycles. The highest BCUT2D eigenvalue weighted by molar-refractivity contribution is 6.39. The van der Waals surface area contributed by atoms with Gasteiger partial charge in [-0.25, -0.2) is 9.18 Å². The van der Waals surface area contributed by atoms with Gasteiger partial charge in [-0.1, -0.05) is 0 Å².